The Balaban J connectivity index is 2.27. The Morgan fingerprint density at radius 3 is 2.53 bits per heavy atom. The lowest BCUT2D eigenvalue weighted by Gasteiger charge is -2.27. The Morgan fingerprint density at radius 1 is 1.29 bits per heavy atom. The summed E-state index contributed by atoms with van der Waals surface area (Å²) in [5.41, 5.74) is 6.95. The van der Waals surface area contributed by atoms with E-state index in [0.29, 0.717) is 11.4 Å². The average molecular weight is 235 g/mol. The molecule has 1 aliphatic rings. The van der Waals surface area contributed by atoms with E-state index < -0.39 is 0 Å². The van der Waals surface area contributed by atoms with Crippen molar-refractivity contribution in [3.8, 4) is 5.75 Å². The Bertz CT molecular complexity index is 457. The molecule has 1 saturated heterocycles. The van der Waals surface area contributed by atoms with Crippen molar-refractivity contribution in [2.75, 3.05) is 30.8 Å². The van der Waals surface area contributed by atoms with Crippen molar-refractivity contribution >= 4 is 23.2 Å². The molecule has 2 rings (SSSR count). The summed E-state index contributed by atoms with van der Waals surface area (Å²) in [4.78, 5) is 24.2. The Kier molecular flexibility index (Phi) is 2.86. The quantitative estimate of drug-likeness (QED) is 0.545. The van der Waals surface area contributed by atoms with Gasteiger partial charge in [-0.05, 0) is 12.1 Å². The smallest absolute Gasteiger partial charge is 0.246 e. The average Bonchev–Trinajstić information content (AvgIpc) is 2.28. The molecule has 0 saturated carbocycles. The van der Waals surface area contributed by atoms with Crippen molar-refractivity contribution in [1.29, 1.82) is 0 Å². The maximum Gasteiger partial charge on any atom is 0.246 e. The lowest BCUT2D eigenvalue weighted by atomic mass is 10.2. The number of hydrogen-bond acceptors (Lipinski definition) is 5. The van der Waals surface area contributed by atoms with E-state index in [2.05, 4.69) is 5.32 Å². The van der Waals surface area contributed by atoms with Crippen LogP contribution in [0.5, 0.6) is 5.75 Å². The van der Waals surface area contributed by atoms with Gasteiger partial charge >= 0.3 is 0 Å². The number of nitrogens with one attached hydrogen (secondary N) is 1. The van der Waals surface area contributed by atoms with E-state index >= 15 is 0 Å². The number of amides is 2. The third kappa shape index (κ3) is 2.30. The van der Waals surface area contributed by atoms with E-state index in [1.807, 2.05) is 0 Å². The highest BCUT2D eigenvalue weighted by Crippen LogP contribution is 2.27. The summed E-state index contributed by atoms with van der Waals surface area (Å²) in [6, 6.07) is 5.15. The van der Waals surface area contributed by atoms with Crippen LogP contribution in [0, 0.1) is 0 Å². The van der Waals surface area contributed by atoms with E-state index in [1.165, 1.54) is 7.11 Å². The molecule has 0 bridgehead atoms. The number of nitrogens with two attached hydrogens (primary N) is 1. The van der Waals surface area contributed by atoms with Crippen LogP contribution in [0.2, 0.25) is 0 Å². The fourth-order valence-electron chi connectivity index (χ4n) is 1.72. The second-order valence-electron chi connectivity index (χ2n) is 3.75. The van der Waals surface area contributed by atoms with Crippen LogP contribution < -0.4 is 20.7 Å². The van der Waals surface area contributed by atoms with Crippen LogP contribution in [-0.2, 0) is 9.59 Å². The SMILES string of the molecule is COc1cc(N2CC(=O)NC(=O)C2)ccc1N. The van der Waals surface area contributed by atoms with Crippen molar-refractivity contribution in [1.82, 2.24) is 5.32 Å². The van der Waals surface area contributed by atoms with Gasteiger partial charge in [-0.1, -0.05) is 0 Å². The van der Waals surface area contributed by atoms with Crippen molar-refractivity contribution in [3.05, 3.63) is 18.2 Å². The van der Waals surface area contributed by atoms with Crippen LogP contribution in [0.3, 0.4) is 0 Å². The molecule has 0 unspecified atom stereocenters. The van der Waals surface area contributed by atoms with Crippen molar-refractivity contribution in [3.63, 3.8) is 0 Å². The zero-order valence-electron chi connectivity index (χ0n) is 9.40. The number of nitrogens with zero attached hydrogens (tertiary/aromatic N) is 1. The van der Waals surface area contributed by atoms with Crippen LogP contribution in [0.1, 0.15) is 0 Å². The Morgan fingerprint density at radius 2 is 1.94 bits per heavy atom. The molecule has 0 aromatic heterocycles. The number of hydrogen-bond donors (Lipinski definition) is 2. The van der Waals surface area contributed by atoms with Crippen molar-refractivity contribution < 1.29 is 14.3 Å². The molecule has 2 amide bonds. The predicted octanol–water partition coefficient (Wildman–Crippen LogP) is -0.260. The molecule has 0 aliphatic carbocycles. The molecule has 1 fully saturated rings. The van der Waals surface area contributed by atoms with Gasteiger partial charge in [-0.2, -0.15) is 0 Å². The number of benzene rings is 1. The highest BCUT2D eigenvalue weighted by Gasteiger charge is 2.22. The van der Waals surface area contributed by atoms with E-state index in [0.717, 1.165) is 5.69 Å². The number of carbonyl (C=O) groups is 2. The molecule has 1 heterocycles. The molecule has 1 aliphatic heterocycles. The number of methoxy groups -OCH3 is 1. The van der Waals surface area contributed by atoms with Crippen molar-refractivity contribution in [2.24, 2.45) is 0 Å². The van der Waals surface area contributed by atoms with Crippen LogP contribution in [0.15, 0.2) is 18.2 Å². The summed E-state index contributed by atoms with van der Waals surface area (Å²) in [5.74, 6) is -0.0879. The molecule has 0 radical (unpaired) electrons. The van der Waals surface area contributed by atoms with Gasteiger partial charge in [-0.3, -0.25) is 14.9 Å². The van der Waals surface area contributed by atoms with Gasteiger partial charge in [0.1, 0.15) is 5.75 Å². The summed E-state index contributed by atoms with van der Waals surface area (Å²) >= 11 is 0. The third-order valence-electron chi connectivity index (χ3n) is 2.53. The molecule has 0 atom stereocenters. The maximum absolute atomic E-state index is 11.2. The Hall–Kier alpha value is -2.24. The first-order valence-corrected chi connectivity index (χ1v) is 5.11. The van der Waals surface area contributed by atoms with Gasteiger partial charge in [0.15, 0.2) is 0 Å². The fourth-order valence-corrected chi connectivity index (χ4v) is 1.72. The van der Waals surface area contributed by atoms with Gasteiger partial charge in [0.2, 0.25) is 11.8 Å². The van der Waals surface area contributed by atoms with E-state index in [-0.39, 0.29) is 24.9 Å². The first-order valence-electron chi connectivity index (χ1n) is 5.11. The molecule has 3 N–H and O–H groups in total. The van der Waals surface area contributed by atoms with Gasteiger partial charge in [0.25, 0.3) is 0 Å². The summed E-state index contributed by atoms with van der Waals surface area (Å²) < 4.78 is 5.09. The lowest BCUT2D eigenvalue weighted by Crippen LogP contribution is -2.51. The van der Waals surface area contributed by atoms with Crippen LogP contribution >= 0.6 is 0 Å². The van der Waals surface area contributed by atoms with Crippen LogP contribution in [-0.4, -0.2) is 32.0 Å². The monoisotopic (exact) mass is 235 g/mol. The number of rotatable bonds is 2. The van der Waals surface area contributed by atoms with Gasteiger partial charge in [0, 0.05) is 11.8 Å². The lowest BCUT2D eigenvalue weighted by molar-refractivity contribution is -0.130. The molecule has 1 aromatic rings. The second kappa shape index (κ2) is 4.32. The van der Waals surface area contributed by atoms with Gasteiger partial charge in [-0.25, -0.2) is 0 Å². The van der Waals surface area contributed by atoms with Crippen molar-refractivity contribution in [2.45, 2.75) is 0 Å². The molecular weight excluding hydrogens is 222 g/mol. The number of imide groups is 1. The van der Waals surface area contributed by atoms with Gasteiger partial charge in [0.05, 0.1) is 25.9 Å². The normalized spacial score (nSPS) is 15.7. The fraction of sp³-hybridized carbons (Fsp3) is 0.273. The standard InChI is InChI=1S/C11H13N3O3/c1-17-9-4-7(2-3-8(9)12)14-5-10(15)13-11(16)6-14/h2-4H,5-6,12H2,1H3,(H,13,15,16). The summed E-state index contributed by atoms with van der Waals surface area (Å²) in [7, 11) is 1.52. The number of nitrogen functional groups attached to an aromatic ring is 1. The van der Waals surface area contributed by atoms with Crippen LogP contribution in [0.25, 0.3) is 0 Å². The van der Waals surface area contributed by atoms with Gasteiger partial charge < -0.3 is 15.4 Å². The summed E-state index contributed by atoms with van der Waals surface area (Å²) in [5, 5.41) is 2.24. The van der Waals surface area contributed by atoms with E-state index in [1.54, 1.807) is 23.1 Å². The maximum atomic E-state index is 11.2. The second-order valence-corrected chi connectivity index (χ2v) is 3.75. The van der Waals surface area contributed by atoms with E-state index in [4.69, 9.17) is 10.5 Å². The number of piperazine rings is 1. The molecule has 0 spiro atoms. The van der Waals surface area contributed by atoms with Gasteiger partial charge in [-0.15, -0.1) is 0 Å². The van der Waals surface area contributed by atoms with E-state index in [9.17, 15) is 9.59 Å². The Labute approximate surface area is 98.3 Å². The summed E-state index contributed by atoms with van der Waals surface area (Å²) in [6.07, 6.45) is 0. The third-order valence-corrected chi connectivity index (χ3v) is 2.53. The minimum Gasteiger partial charge on any atom is -0.495 e. The number of carbonyl (C=O) groups excluding carboxylic acids is 2. The number of ether oxygens (including phenoxy) is 1. The molecular formula is C11H13N3O3. The molecule has 6 heteroatoms. The highest BCUT2D eigenvalue weighted by molar-refractivity contribution is 6.02. The summed E-state index contributed by atoms with van der Waals surface area (Å²) in [6.45, 7) is 0.303. The van der Waals surface area contributed by atoms with Crippen LogP contribution in [0.4, 0.5) is 11.4 Å². The molecule has 1 aromatic carbocycles. The molecule has 17 heavy (non-hydrogen) atoms. The minimum absolute atomic E-state index is 0.152. The first kappa shape index (κ1) is 11.3. The first-order chi connectivity index (χ1) is 8.10. The molecule has 90 valence electrons. The zero-order chi connectivity index (χ0) is 12.4. The highest BCUT2D eigenvalue weighted by atomic mass is 16.5. The zero-order valence-corrected chi connectivity index (χ0v) is 9.40. The number of anilines is 2. The minimum atomic E-state index is -0.308. The topological polar surface area (TPSA) is 84.7 Å². The molecule has 6 nitrogen and oxygen atoms in total. The predicted molar refractivity (Wildman–Crippen MR) is 62.8 cm³/mol. The largest absolute Gasteiger partial charge is 0.495 e.